The van der Waals surface area contributed by atoms with E-state index in [-0.39, 0.29) is 16.6 Å². The van der Waals surface area contributed by atoms with E-state index in [4.69, 9.17) is 9.97 Å². The second-order valence-electron chi connectivity index (χ2n) is 18.8. The van der Waals surface area contributed by atoms with Crippen molar-refractivity contribution in [3.63, 3.8) is 0 Å². The number of rotatable bonds is 7. The number of fused-ring (bicyclic) bond motifs is 3. The quantitative estimate of drug-likeness (QED) is 0.174. The molecule has 0 fully saturated rings. The van der Waals surface area contributed by atoms with Crippen molar-refractivity contribution in [2.75, 3.05) is 0 Å². The van der Waals surface area contributed by atoms with Gasteiger partial charge in [0.15, 0.2) is 0 Å². The fraction of sp³-hybridized carbons (Fsp3) is 0.136. The molecule has 6 aromatic carbocycles. The van der Waals surface area contributed by atoms with Gasteiger partial charge in [0, 0.05) is 56.7 Å². The molecule has 1 N–H and O–H groups in total. The first-order valence-corrected chi connectivity index (χ1v) is 22.0. The normalized spacial score (nSPS) is 12.0. The van der Waals surface area contributed by atoms with Crippen LogP contribution in [0.25, 0.3) is 94.8 Å². The Labute approximate surface area is 375 Å². The van der Waals surface area contributed by atoms with Gasteiger partial charge in [-0.25, -0.2) is 4.98 Å². The molecule has 0 atom stereocenters. The van der Waals surface area contributed by atoms with Crippen molar-refractivity contribution in [2.24, 2.45) is 0 Å². The Morgan fingerprint density at radius 2 is 1.05 bits per heavy atom. The van der Waals surface area contributed by atoms with Crippen LogP contribution in [0.4, 0.5) is 0 Å². The maximum absolute atomic E-state index is 11.1. The van der Waals surface area contributed by atoms with Gasteiger partial charge in [0.1, 0.15) is 5.75 Å². The maximum Gasteiger partial charge on any atom is 0.124 e. The molecule has 5 heteroatoms. The molecule has 0 aliphatic heterocycles. The van der Waals surface area contributed by atoms with Crippen LogP contribution in [0.5, 0.6) is 5.75 Å². The van der Waals surface area contributed by atoms with E-state index in [1.54, 1.807) is 6.07 Å². The minimum atomic E-state index is -0.0465. The lowest BCUT2D eigenvalue weighted by Gasteiger charge is -2.26. The average Bonchev–Trinajstić information content (AvgIpc) is 3.65. The second kappa shape index (κ2) is 15.9. The molecule has 0 aliphatic carbocycles. The summed E-state index contributed by atoms with van der Waals surface area (Å²) in [6.07, 6.45) is 3.71. The van der Waals surface area contributed by atoms with Crippen molar-refractivity contribution in [3.05, 3.63) is 199 Å². The molecule has 0 aliphatic rings. The molecule has 10 rings (SSSR count). The lowest BCUT2D eigenvalue weighted by Crippen LogP contribution is -2.16. The third kappa shape index (κ3) is 7.64. The number of phenolic OH excluding ortho intramolecular Hbond substituents is 1. The fourth-order valence-electron chi connectivity index (χ4n) is 8.78. The molecule has 312 valence electrons. The monoisotopic (exact) mass is 830 g/mol. The number of phenols is 1. The van der Waals surface area contributed by atoms with E-state index in [0.29, 0.717) is 11.3 Å². The van der Waals surface area contributed by atoms with Gasteiger partial charge in [-0.3, -0.25) is 9.97 Å². The van der Waals surface area contributed by atoms with Gasteiger partial charge in [-0.2, -0.15) is 0 Å². The van der Waals surface area contributed by atoms with Crippen LogP contribution in [0.2, 0.25) is 0 Å². The fourth-order valence-corrected chi connectivity index (χ4v) is 8.78. The third-order valence-corrected chi connectivity index (χ3v) is 12.3. The number of hydrogen-bond donors (Lipinski definition) is 1. The highest BCUT2D eigenvalue weighted by Crippen LogP contribution is 2.41. The van der Waals surface area contributed by atoms with Gasteiger partial charge in [0.25, 0.3) is 0 Å². The van der Waals surface area contributed by atoms with Crippen molar-refractivity contribution in [1.29, 1.82) is 0 Å². The third-order valence-electron chi connectivity index (χ3n) is 12.3. The minimum Gasteiger partial charge on any atom is -0.507 e. The van der Waals surface area contributed by atoms with Crippen molar-refractivity contribution in [2.45, 2.75) is 52.4 Å². The Hall–Kier alpha value is -7.63. The van der Waals surface area contributed by atoms with E-state index in [1.165, 1.54) is 21.9 Å². The number of aromatic nitrogens is 4. The maximum atomic E-state index is 11.1. The molecule has 5 nitrogen and oxygen atoms in total. The predicted molar refractivity (Wildman–Crippen MR) is 266 cm³/mol. The largest absolute Gasteiger partial charge is 0.507 e. The second-order valence-corrected chi connectivity index (χ2v) is 18.8. The number of nitrogens with zero attached hydrogens (tertiary/aromatic N) is 4. The molecule has 0 amide bonds. The van der Waals surface area contributed by atoms with Crippen LogP contribution in [0.15, 0.2) is 188 Å². The summed E-state index contributed by atoms with van der Waals surface area (Å²) >= 11 is 0. The van der Waals surface area contributed by atoms with Gasteiger partial charge >= 0.3 is 0 Å². The summed E-state index contributed by atoms with van der Waals surface area (Å²) in [5.74, 6) is 0.196. The van der Waals surface area contributed by atoms with Gasteiger partial charge in [0.05, 0.1) is 33.8 Å². The van der Waals surface area contributed by atoms with E-state index < -0.39 is 0 Å². The minimum absolute atomic E-state index is 0.0465. The van der Waals surface area contributed by atoms with Gasteiger partial charge in [-0.15, -0.1) is 0 Å². The first-order valence-electron chi connectivity index (χ1n) is 22.0. The number of benzene rings is 6. The SMILES string of the molecule is CC(C)(C)c1cc(-c2cc(-c3cccc(-c4ncccc4-c4ccc5c(c4)c4ccccc4n5-c4cccc(-c5ccccn5)c4)c3)nc(-c3ccccc3O)c2)cc(C(C)(C)C)c1. The number of pyridine rings is 3. The first kappa shape index (κ1) is 40.4. The van der Waals surface area contributed by atoms with Crippen LogP contribution in [-0.4, -0.2) is 24.6 Å². The molecule has 4 heterocycles. The van der Waals surface area contributed by atoms with E-state index >= 15 is 0 Å². The van der Waals surface area contributed by atoms with Crippen LogP contribution in [0, 0.1) is 0 Å². The van der Waals surface area contributed by atoms with E-state index in [2.05, 4.69) is 185 Å². The van der Waals surface area contributed by atoms with Gasteiger partial charge in [-0.05, 0) is 118 Å². The lowest BCUT2D eigenvalue weighted by molar-refractivity contribution is 0.477. The highest BCUT2D eigenvalue weighted by Gasteiger charge is 2.23. The van der Waals surface area contributed by atoms with Gasteiger partial charge in [-0.1, -0.05) is 139 Å². The zero-order valence-electron chi connectivity index (χ0n) is 37.1. The molecular weight excluding hydrogens is 781 g/mol. The lowest BCUT2D eigenvalue weighted by atomic mass is 9.79. The van der Waals surface area contributed by atoms with Crippen molar-refractivity contribution in [3.8, 4) is 78.7 Å². The van der Waals surface area contributed by atoms with E-state index in [0.717, 1.165) is 72.7 Å². The molecule has 0 saturated heterocycles. The highest BCUT2D eigenvalue weighted by molar-refractivity contribution is 6.11. The number of para-hydroxylation sites is 2. The molecule has 4 aromatic heterocycles. The molecular formula is C59H50N4O. The summed E-state index contributed by atoms with van der Waals surface area (Å²) in [4.78, 5) is 14.9. The van der Waals surface area contributed by atoms with Gasteiger partial charge in [0.2, 0.25) is 0 Å². The van der Waals surface area contributed by atoms with Crippen LogP contribution in [-0.2, 0) is 10.8 Å². The Bertz CT molecular complexity index is 3340. The smallest absolute Gasteiger partial charge is 0.124 e. The zero-order valence-corrected chi connectivity index (χ0v) is 37.1. The highest BCUT2D eigenvalue weighted by atomic mass is 16.3. The van der Waals surface area contributed by atoms with Crippen LogP contribution in [0.1, 0.15) is 52.7 Å². The number of hydrogen-bond acceptors (Lipinski definition) is 4. The predicted octanol–water partition coefficient (Wildman–Crippen LogP) is 15.3. The van der Waals surface area contributed by atoms with Crippen molar-refractivity contribution < 1.29 is 5.11 Å². The summed E-state index contributed by atoms with van der Waals surface area (Å²) in [5.41, 5.74) is 17.2. The number of aromatic hydroxyl groups is 1. The Balaban J connectivity index is 1.09. The Morgan fingerprint density at radius 1 is 0.406 bits per heavy atom. The molecule has 0 spiro atoms. The zero-order chi connectivity index (χ0) is 44.2. The van der Waals surface area contributed by atoms with Gasteiger partial charge < -0.3 is 9.67 Å². The standard InChI is InChI=1S/C59H50N4O/c1-58(2,3)44-31-42(32-45(37-44)59(4,5)6)43-35-52(62-53(36-43)49-21-8-10-25-56(49)64)39-16-13-18-41(30-39)57-47(22-15-29-61-57)38-26-27-55-50(34-38)48-20-7-9-24-54(48)63(55)46-19-14-17-40(33-46)51-23-11-12-28-60-51/h7-37,64H,1-6H3. The van der Waals surface area contributed by atoms with Crippen molar-refractivity contribution in [1.82, 2.24) is 19.5 Å². The molecule has 0 saturated carbocycles. The molecule has 10 aromatic rings. The summed E-state index contributed by atoms with van der Waals surface area (Å²) in [6, 6.07) is 61.4. The van der Waals surface area contributed by atoms with Crippen LogP contribution >= 0.6 is 0 Å². The van der Waals surface area contributed by atoms with Crippen molar-refractivity contribution >= 4 is 21.8 Å². The van der Waals surface area contributed by atoms with Crippen LogP contribution in [0.3, 0.4) is 0 Å². The Morgan fingerprint density at radius 3 is 1.81 bits per heavy atom. The summed E-state index contributed by atoms with van der Waals surface area (Å²) in [5, 5.41) is 13.5. The Kier molecular flexibility index (Phi) is 10.1. The molecule has 0 unspecified atom stereocenters. The molecule has 64 heavy (non-hydrogen) atoms. The van der Waals surface area contributed by atoms with E-state index in [9.17, 15) is 5.11 Å². The topological polar surface area (TPSA) is 63.8 Å². The summed E-state index contributed by atoms with van der Waals surface area (Å²) < 4.78 is 2.35. The van der Waals surface area contributed by atoms with Crippen LogP contribution < -0.4 is 0 Å². The first-order chi connectivity index (χ1) is 30.9. The molecule has 0 radical (unpaired) electrons. The summed E-state index contributed by atoms with van der Waals surface area (Å²) in [7, 11) is 0. The molecule has 0 bridgehead atoms. The average molecular weight is 831 g/mol. The summed E-state index contributed by atoms with van der Waals surface area (Å²) in [6.45, 7) is 13.6. The van der Waals surface area contributed by atoms with E-state index in [1.807, 2.05) is 48.8 Å².